The van der Waals surface area contributed by atoms with Crippen LogP contribution in [0.3, 0.4) is 0 Å². The van der Waals surface area contributed by atoms with Crippen LogP contribution in [0.5, 0.6) is 0 Å². The summed E-state index contributed by atoms with van der Waals surface area (Å²) in [5, 5.41) is 3.29. The first-order valence-electron chi connectivity index (χ1n) is 6.33. The van der Waals surface area contributed by atoms with Gasteiger partial charge in [-0.1, -0.05) is 18.2 Å². The molecule has 3 N–H and O–H groups in total. The molecular weight excluding hydrogens is 228 g/mol. The highest BCUT2D eigenvalue weighted by molar-refractivity contribution is 5.89. The zero-order valence-corrected chi connectivity index (χ0v) is 10.9. The molecule has 4 heteroatoms. The smallest absolute Gasteiger partial charge is 0.243 e. The van der Waals surface area contributed by atoms with Crippen LogP contribution in [-0.2, 0) is 9.53 Å². The lowest BCUT2D eigenvalue weighted by Crippen LogP contribution is -2.62. The van der Waals surface area contributed by atoms with E-state index in [0.29, 0.717) is 19.4 Å². The normalized spacial score (nSPS) is 26.4. The third-order valence-electron chi connectivity index (χ3n) is 3.55. The van der Waals surface area contributed by atoms with Gasteiger partial charge in [-0.3, -0.25) is 4.79 Å². The molecular formula is C14H20N2O2. The van der Waals surface area contributed by atoms with Crippen molar-refractivity contribution in [2.75, 3.05) is 11.9 Å². The Kier molecular flexibility index (Phi) is 3.57. The zero-order valence-electron chi connectivity index (χ0n) is 10.9. The maximum absolute atomic E-state index is 11.7. The molecule has 0 radical (unpaired) electrons. The topological polar surface area (TPSA) is 64.3 Å². The van der Waals surface area contributed by atoms with Crippen LogP contribution >= 0.6 is 0 Å². The molecule has 4 nitrogen and oxygen atoms in total. The number of nitrogens with two attached hydrogens (primary N) is 1. The lowest BCUT2D eigenvalue weighted by atomic mass is 9.73. The first kappa shape index (κ1) is 12.9. The van der Waals surface area contributed by atoms with Gasteiger partial charge in [0.25, 0.3) is 0 Å². The molecule has 0 aromatic heterocycles. The maximum atomic E-state index is 11.7. The fraction of sp³-hybridized carbons (Fsp3) is 0.500. The second-order valence-corrected chi connectivity index (χ2v) is 4.87. The molecule has 1 aromatic carbocycles. The molecule has 0 bridgehead atoms. The van der Waals surface area contributed by atoms with Crippen molar-refractivity contribution in [2.24, 2.45) is 5.73 Å². The Hall–Kier alpha value is -1.55. The van der Waals surface area contributed by atoms with Gasteiger partial charge in [0.05, 0.1) is 6.10 Å². The molecule has 1 saturated carbocycles. The second kappa shape index (κ2) is 4.98. The van der Waals surface area contributed by atoms with Crippen molar-refractivity contribution in [1.82, 2.24) is 0 Å². The van der Waals surface area contributed by atoms with Crippen LogP contribution in [0.25, 0.3) is 0 Å². The first-order valence-corrected chi connectivity index (χ1v) is 6.33. The molecule has 0 atom stereocenters. The van der Waals surface area contributed by atoms with Gasteiger partial charge >= 0.3 is 0 Å². The van der Waals surface area contributed by atoms with E-state index in [9.17, 15) is 4.79 Å². The summed E-state index contributed by atoms with van der Waals surface area (Å²) in [4.78, 5) is 11.7. The van der Waals surface area contributed by atoms with E-state index >= 15 is 0 Å². The third kappa shape index (κ3) is 2.34. The number of ether oxygens (including phenoxy) is 1. The van der Waals surface area contributed by atoms with Gasteiger partial charge < -0.3 is 15.8 Å². The number of primary amides is 1. The van der Waals surface area contributed by atoms with Crippen LogP contribution in [0.2, 0.25) is 0 Å². The predicted octanol–water partition coefficient (Wildman–Crippen LogP) is 1.83. The van der Waals surface area contributed by atoms with Gasteiger partial charge in [-0.05, 0) is 25.5 Å². The molecule has 1 amide bonds. The summed E-state index contributed by atoms with van der Waals surface area (Å²) in [7, 11) is 0. The lowest BCUT2D eigenvalue weighted by molar-refractivity contribution is -0.131. The SMILES string of the molecule is CCOC1CC(Nc2ccccc2C)(C(N)=O)C1. The molecule has 0 spiro atoms. The molecule has 1 aliphatic carbocycles. The molecule has 0 heterocycles. The van der Waals surface area contributed by atoms with E-state index in [4.69, 9.17) is 10.5 Å². The standard InChI is InChI=1S/C14H20N2O2/c1-3-18-11-8-14(9-11,13(15)17)16-12-7-5-4-6-10(12)2/h4-7,11,16H,3,8-9H2,1-2H3,(H2,15,17). The van der Waals surface area contributed by atoms with Gasteiger partial charge in [0.1, 0.15) is 5.54 Å². The lowest BCUT2D eigenvalue weighted by Gasteiger charge is -2.46. The van der Waals surface area contributed by atoms with E-state index in [1.54, 1.807) is 0 Å². The molecule has 0 aliphatic heterocycles. The number of para-hydroxylation sites is 1. The third-order valence-corrected chi connectivity index (χ3v) is 3.55. The monoisotopic (exact) mass is 248 g/mol. The molecule has 2 rings (SSSR count). The summed E-state index contributed by atoms with van der Waals surface area (Å²) in [6.45, 7) is 4.64. The average Bonchev–Trinajstić information content (AvgIpc) is 2.28. The first-order chi connectivity index (χ1) is 8.57. The van der Waals surface area contributed by atoms with E-state index in [1.165, 1.54) is 0 Å². The number of hydrogen-bond donors (Lipinski definition) is 2. The highest BCUT2D eigenvalue weighted by Gasteiger charge is 2.49. The van der Waals surface area contributed by atoms with Crippen LogP contribution in [0.15, 0.2) is 24.3 Å². The fourth-order valence-corrected chi connectivity index (χ4v) is 2.41. The van der Waals surface area contributed by atoms with E-state index in [-0.39, 0.29) is 12.0 Å². The number of anilines is 1. The number of aryl methyl sites for hydroxylation is 1. The predicted molar refractivity (Wildman–Crippen MR) is 71.4 cm³/mol. The Morgan fingerprint density at radius 1 is 1.50 bits per heavy atom. The van der Waals surface area contributed by atoms with Crippen LogP contribution < -0.4 is 11.1 Å². The van der Waals surface area contributed by atoms with E-state index in [0.717, 1.165) is 11.3 Å². The zero-order chi connectivity index (χ0) is 13.2. The van der Waals surface area contributed by atoms with E-state index in [2.05, 4.69) is 5.32 Å². The molecule has 1 fully saturated rings. The highest BCUT2D eigenvalue weighted by Crippen LogP contribution is 2.38. The number of rotatable bonds is 5. The van der Waals surface area contributed by atoms with Crippen molar-refractivity contribution in [3.05, 3.63) is 29.8 Å². The van der Waals surface area contributed by atoms with Gasteiger partial charge in [0.2, 0.25) is 5.91 Å². The molecule has 98 valence electrons. The minimum atomic E-state index is -0.647. The number of carbonyl (C=O) groups is 1. The summed E-state index contributed by atoms with van der Waals surface area (Å²) in [5.74, 6) is -0.304. The van der Waals surface area contributed by atoms with Crippen molar-refractivity contribution in [3.8, 4) is 0 Å². The van der Waals surface area contributed by atoms with Crippen LogP contribution in [0.1, 0.15) is 25.3 Å². The quantitative estimate of drug-likeness (QED) is 0.835. The average molecular weight is 248 g/mol. The van der Waals surface area contributed by atoms with Crippen molar-refractivity contribution < 1.29 is 9.53 Å². The van der Waals surface area contributed by atoms with Gasteiger partial charge in [0, 0.05) is 25.1 Å². The summed E-state index contributed by atoms with van der Waals surface area (Å²) in [6.07, 6.45) is 1.42. The summed E-state index contributed by atoms with van der Waals surface area (Å²) in [6, 6.07) is 7.90. The van der Waals surface area contributed by atoms with Crippen LogP contribution in [0.4, 0.5) is 5.69 Å². The number of carbonyl (C=O) groups excluding carboxylic acids is 1. The number of nitrogens with one attached hydrogen (secondary N) is 1. The van der Waals surface area contributed by atoms with Crippen molar-refractivity contribution in [3.63, 3.8) is 0 Å². The van der Waals surface area contributed by atoms with Gasteiger partial charge in [-0.15, -0.1) is 0 Å². The molecule has 1 aliphatic rings. The van der Waals surface area contributed by atoms with E-state index < -0.39 is 5.54 Å². The Labute approximate surface area is 108 Å². The van der Waals surface area contributed by atoms with Crippen LogP contribution in [-0.4, -0.2) is 24.2 Å². The number of benzene rings is 1. The highest BCUT2D eigenvalue weighted by atomic mass is 16.5. The Morgan fingerprint density at radius 3 is 2.72 bits per heavy atom. The molecule has 0 unspecified atom stereocenters. The van der Waals surface area contributed by atoms with Crippen molar-refractivity contribution in [1.29, 1.82) is 0 Å². The molecule has 0 saturated heterocycles. The van der Waals surface area contributed by atoms with E-state index in [1.807, 2.05) is 38.1 Å². The summed E-state index contributed by atoms with van der Waals surface area (Å²) < 4.78 is 5.50. The Balaban J connectivity index is 2.10. The van der Waals surface area contributed by atoms with Gasteiger partial charge in [0.15, 0.2) is 0 Å². The van der Waals surface area contributed by atoms with Gasteiger partial charge in [-0.2, -0.15) is 0 Å². The Bertz CT molecular complexity index is 439. The Morgan fingerprint density at radius 2 is 2.17 bits per heavy atom. The van der Waals surface area contributed by atoms with Gasteiger partial charge in [-0.25, -0.2) is 0 Å². The molecule has 1 aromatic rings. The number of amides is 1. The van der Waals surface area contributed by atoms with Crippen molar-refractivity contribution >= 4 is 11.6 Å². The van der Waals surface area contributed by atoms with Crippen molar-refractivity contribution in [2.45, 2.75) is 38.3 Å². The summed E-state index contributed by atoms with van der Waals surface area (Å²) >= 11 is 0. The second-order valence-electron chi connectivity index (χ2n) is 4.87. The largest absolute Gasteiger partial charge is 0.378 e. The summed E-state index contributed by atoms with van der Waals surface area (Å²) in [5.41, 5.74) is 6.96. The minimum Gasteiger partial charge on any atom is -0.378 e. The number of hydrogen-bond acceptors (Lipinski definition) is 3. The molecule has 18 heavy (non-hydrogen) atoms. The van der Waals surface area contributed by atoms with Crippen LogP contribution in [0, 0.1) is 6.92 Å². The minimum absolute atomic E-state index is 0.138. The maximum Gasteiger partial charge on any atom is 0.243 e. The fourth-order valence-electron chi connectivity index (χ4n) is 2.41.